The van der Waals surface area contributed by atoms with Crippen LogP contribution in [0.4, 0.5) is 5.82 Å². The SMILES string of the molecule is CCOC(=O)CCC(=O)Nc1c2c(nn1-c1ccc(OC)cc1)CSC2. The lowest BCUT2D eigenvalue weighted by molar-refractivity contribution is -0.144. The summed E-state index contributed by atoms with van der Waals surface area (Å²) in [5.41, 5.74) is 2.85. The van der Waals surface area contributed by atoms with Crippen LogP contribution in [0.15, 0.2) is 24.3 Å². The van der Waals surface area contributed by atoms with Gasteiger partial charge in [0.25, 0.3) is 0 Å². The number of hydrogen-bond donors (Lipinski definition) is 1. The highest BCUT2D eigenvalue weighted by Crippen LogP contribution is 2.36. The third-order valence-electron chi connectivity index (χ3n) is 3.99. The maximum Gasteiger partial charge on any atom is 0.306 e. The molecule has 0 saturated carbocycles. The van der Waals surface area contributed by atoms with E-state index in [1.165, 1.54) is 0 Å². The number of rotatable bonds is 7. The van der Waals surface area contributed by atoms with Gasteiger partial charge in [-0.1, -0.05) is 0 Å². The summed E-state index contributed by atoms with van der Waals surface area (Å²) in [7, 11) is 1.61. The van der Waals surface area contributed by atoms with Crippen molar-refractivity contribution in [1.29, 1.82) is 0 Å². The lowest BCUT2D eigenvalue weighted by Gasteiger charge is -2.11. The third-order valence-corrected chi connectivity index (χ3v) is 4.96. The largest absolute Gasteiger partial charge is 0.497 e. The third kappa shape index (κ3) is 4.01. The highest BCUT2D eigenvalue weighted by Gasteiger charge is 2.24. The Morgan fingerprint density at radius 2 is 2.00 bits per heavy atom. The maximum atomic E-state index is 12.3. The quantitative estimate of drug-likeness (QED) is 0.750. The highest BCUT2D eigenvalue weighted by atomic mass is 32.2. The fourth-order valence-corrected chi connectivity index (χ4v) is 3.73. The number of nitrogens with zero attached hydrogens (tertiary/aromatic N) is 2. The fourth-order valence-electron chi connectivity index (χ4n) is 2.69. The standard InChI is InChI=1S/C18H21N3O4S/c1-3-25-17(23)9-8-16(22)19-18-14-10-26-11-15(14)20-21(18)12-4-6-13(24-2)7-5-12/h4-7H,3,8-11H2,1-2H3,(H,19,22). The second-order valence-corrected chi connectivity index (χ2v) is 6.72. The van der Waals surface area contributed by atoms with Crippen LogP contribution < -0.4 is 10.1 Å². The van der Waals surface area contributed by atoms with Crippen LogP contribution in [-0.2, 0) is 25.8 Å². The molecule has 0 fully saturated rings. The zero-order valence-corrected chi connectivity index (χ0v) is 15.6. The molecule has 2 aromatic rings. The lowest BCUT2D eigenvalue weighted by atomic mass is 10.2. The number of methoxy groups -OCH3 is 1. The molecule has 3 rings (SSSR count). The van der Waals surface area contributed by atoms with Gasteiger partial charge >= 0.3 is 5.97 Å². The molecular weight excluding hydrogens is 354 g/mol. The van der Waals surface area contributed by atoms with Gasteiger partial charge in [-0.25, -0.2) is 4.68 Å². The Morgan fingerprint density at radius 1 is 1.23 bits per heavy atom. The molecule has 0 aliphatic carbocycles. The minimum atomic E-state index is -0.368. The normalized spacial score (nSPS) is 12.5. The van der Waals surface area contributed by atoms with Gasteiger partial charge in [0, 0.05) is 23.5 Å². The minimum absolute atomic E-state index is 0.0628. The predicted octanol–water partition coefficient (Wildman–Crippen LogP) is 2.91. The molecule has 0 bridgehead atoms. The minimum Gasteiger partial charge on any atom is -0.497 e. The van der Waals surface area contributed by atoms with Gasteiger partial charge in [0.1, 0.15) is 11.6 Å². The van der Waals surface area contributed by atoms with Gasteiger partial charge < -0.3 is 14.8 Å². The Labute approximate surface area is 156 Å². The molecule has 8 heteroatoms. The molecule has 1 aromatic carbocycles. The number of amides is 1. The van der Waals surface area contributed by atoms with Crippen LogP contribution in [0, 0.1) is 0 Å². The molecule has 1 aliphatic rings. The van der Waals surface area contributed by atoms with Crippen LogP contribution in [-0.4, -0.2) is 35.4 Å². The number of carbonyl (C=O) groups is 2. The second kappa shape index (κ2) is 8.27. The van der Waals surface area contributed by atoms with Crippen LogP contribution >= 0.6 is 11.8 Å². The van der Waals surface area contributed by atoms with Crippen LogP contribution in [0.2, 0.25) is 0 Å². The van der Waals surface area contributed by atoms with Gasteiger partial charge in [0.2, 0.25) is 5.91 Å². The number of carbonyl (C=O) groups excluding carboxylic acids is 2. The molecule has 0 saturated heterocycles. The van der Waals surface area contributed by atoms with Gasteiger partial charge in [-0.05, 0) is 31.2 Å². The number of thioether (sulfide) groups is 1. The Hall–Kier alpha value is -2.48. The number of hydrogen-bond acceptors (Lipinski definition) is 6. The summed E-state index contributed by atoms with van der Waals surface area (Å²) in [5.74, 6) is 2.45. The van der Waals surface area contributed by atoms with Gasteiger partial charge in [-0.15, -0.1) is 0 Å². The monoisotopic (exact) mass is 375 g/mol. The Balaban J connectivity index is 1.79. The summed E-state index contributed by atoms with van der Waals surface area (Å²) in [5, 5.41) is 7.57. The van der Waals surface area contributed by atoms with Crippen molar-refractivity contribution in [3.63, 3.8) is 0 Å². The summed E-state index contributed by atoms with van der Waals surface area (Å²) in [6, 6.07) is 7.48. The van der Waals surface area contributed by atoms with Gasteiger partial charge in [-0.2, -0.15) is 16.9 Å². The van der Waals surface area contributed by atoms with Crippen molar-refractivity contribution in [2.75, 3.05) is 19.0 Å². The highest BCUT2D eigenvalue weighted by molar-refractivity contribution is 7.98. The van der Waals surface area contributed by atoms with Crippen LogP contribution in [0.5, 0.6) is 5.75 Å². The van der Waals surface area contributed by atoms with Gasteiger partial charge in [-0.3, -0.25) is 9.59 Å². The van der Waals surface area contributed by atoms with E-state index >= 15 is 0 Å². The first-order valence-corrected chi connectivity index (χ1v) is 9.56. The van der Waals surface area contributed by atoms with E-state index in [4.69, 9.17) is 9.47 Å². The molecule has 1 amide bonds. The molecule has 0 atom stereocenters. The summed E-state index contributed by atoms with van der Waals surface area (Å²) < 4.78 is 11.8. The first-order chi connectivity index (χ1) is 12.6. The molecule has 138 valence electrons. The van der Waals surface area contributed by atoms with Crippen molar-refractivity contribution < 1.29 is 19.1 Å². The van der Waals surface area contributed by atoms with Crippen molar-refractivity contribution in [2.45, 2.75) is 31.3 Å². The van der Waals surface area contributed by atoms with Crippen molar-refractivity contribution in [3.8, 4) is 11.4 Å². The van der Waals surface area contributed by atoms with Crippen molar-refractivity contribution in [3.05, 3.63) is 35.5 Å². The average molecular weight is 375 g/mol. The number of aromatic nitrogens is 2. The maximum absolute atomic E-state index is 12.3. The van der Waals surface area contributed by atoms with Crippen molar-refractivity contribution >= 4 is 29.5 Å². The average Bonchev–Trinajstić information content (AvgIpc) is 3.23. The number of nitrogens with one attached hydrogen (secondary N) is 1. The topological polar surface area (TPSA) is 82.5 Å². The van der Waals surface area contributed by atoms with E-state index in [1.807, 2.05) is 24.3 Å². The molecule has 7 nitrogen and oxygen atoms in total. The molecule has 1 N–H and O–H groups in total. The summed E-state index contributed by atoms with van der Waals surface area (Å²) in [6.07, 6.45) is 0.141. The zero-order valence-electron chi connectivity index (χ0n) is 14.8. The molecule has 1 aliphatic heterocycles. The fraction of sp³-hybridized carbons (Fsp3) is 0.389. The van der Waals surface area contributed by atoms with Crippen molar-refractivity contribution in [1.82, 2.24) is 9.78 Å². The van der Waals surface area contributed by atoms with Gasteiger partial charge in [0.15, 0.2) is 0 Å². The van der Waals surface area contributed by atoms with E-state index in [-0.39, 0.29) is 24.7 Å². The second-order valence-electron chi connectivity index (χ2n) is 5.73. The van der Waals surface area contributed by atoms with E-state index in [2.05, 4.69) is 10.4 Å². The lowest BCUT2D eigenvalue weighted by Crippen LogP contribution is -2.17. The molecule has 2 heterocycles. The Morgan fingerprint density at radius 3 is 2.69 bits per heavy atom. The first-order valence-electron chi connectivity index (χ1n) is 8.40. The van der Waals surface area contributed by atoms with E-state index in [0.717, 1.165) is 34.2 Å². The number of anilines is 1. The van der Waals surface area contributed by atoms with Crippen molar-refractivity contribution in [2.24, 2.45) is 0 Å². The van der Waals surface area contributed by atoms with E-state index in [0.29, 0.717) is 12.4 Å². The van der Waals surface area contributed by atoms with Crippen LogP contribution in [0.3, 0.4) is 0 Å². The van der Waals surface area contributed by atoms with E-state index in [1.54, 1.807) is 30.5 Å². The predicted molar refractivity (Wildman–Crippen MR) is 99.6 cm³/mol. The first kappa shape index (κ1) is 18.3. The summed E-state index contributed by atoms with van der Waals surface area (Å²) >= 11 is 1.76. The van der Waals surface area contributed by atoms with Crippen LogP contribution in [0.25, 0.3) is 5.69 Å². The van der Waals surface area contributed by atoms with E-state index < -0.39 is 0 Å². The smallest absolute Gasteiger partial charge is 0.306 e. The molecular formula is C18H21N3O4S. The van der Waals surface area contributed by atoms with E-state index in [9.17, 15) is 9.59 Å². The number of ether oxygens (including phenoxy) is 2. The van der Waals surface area contributed by atoms with Gasteiger partial charge in [0.05, 0.1) is 31.5 Å². The zero-order chi connectivity index (χ0) is 18.5. The molecule has 1 aromatic heterocycles. The number of esters is 1. The molecule has 0 spiro atoms. The number of fused-ring (bicyclic) bond motifs is 1. The summed E-state index contributed by atoms with van der Waals surface area (Å²) in [6.45, 7) is 2.06. The molecule has 26 heavy (non-hydrogen) atoms. The Kier molecular flexibility index (Phi) is 5.82. The summed E-state index contributed by atoms with van der Waals surface area (Å²) in [4.78, 5) is 23.8. The molecule has 0 unspecified atom stereocenters. The molecule has 0 radical (unpaired) electrons. The van der Waals surface area contributed by atoms with Crippen LogP contribution in [0.1, 0.15) is 31.0 Å². The Bertz CT molecular complexity index is 802. The number of benzene rings is 1.